The van der Waals surface area contributed by atoms with Crippen LogP contribution >= 0.6 is 0 Å². The van der Waals surface area contributed by atoms with Gasteiger partial charge in [-0.05, 0) is 19.4 Å². The van der Waals surface area contributed by atoms with E-state index in [0.717, 1.165) is 0 Å². The van der Waals surface area contributed by atoms with Crippen molar-refractivity contribution in [3.63, 3.8) is 0 Å². The molecule has 2 aromatic rings. The number of hydrogen-bond acceptors (Lipinski definition) is 6. The highest BCUT2D eigenvalue weighted by Gasteiger charge is 2.64. The smallest absolute Gasteiger partial charge is 0.194 e. The minimum absolute atomic E-state index is 0.111. The fraction of sp³-hybridized carbons (Fsp3) is 0.450. The number of ether oxygens (including phenoxy) is 2. The van der Waals surface area contributed by atoms with Crippen molar-refractivity contribution in [1.82, 2.24) is 0 Å². The molecule has 0 radical (unpaired) electrons. The Hall–Kier alpha value is -1.58. The second kappa shape index (κ2) is 8.04. The standard InChI is InChI=1S/C20H24NO2.ClHO4/c1-4-22-20(23-5-2)14(3)19-16-11-7-6-10-15(16)18(20)17-12-8-9-13-21(17)19;2-1(3,4)5/h6-14,18-19H,4-5H2,1-3H3;(H,2,3,4,5)/q+1;/p-1/t14-,18-,19+;/m0./s1. The Morgan fingerprint density at radius 3 is 2.04 bits per heavy atom. The molecule has 0 amide bonds. The van der Waals surface area contributed by atoms with Crippen LogP contribution in [0.15, 0.2) is 48.7 Å². The normalized spacial score (nSPS) is 24.0. The zero-order valence-corrected chi connectivity index (χ0v) is 16.8. The lowest BCUT2D eigenvalue weighted by Crippen LogP contribution is -2.68. The van der Waals surface area contributed by atoms with Gasteiger partial charge in [0.2, 0.25) is 0 Å². The maximum absolute atomic E-state index is 8.49. The molecule has 152 valence electrons. The Balaban J connectivity index is 0.000000403. The highest BCUT2D eigenvalue weighted by Crippen LogP contribution is 2.55. The summed E-state index contributed by atoms with van der Waals surface area (Å²) in [6.45, 7) is 7.69. The van der Waals surface area contributed by atoms with Gasteiger partial charge in [0, 0.05) is 30.9 Å². The maximum Gasteiger partial charge on any atom is 0.194 e. The molecular formula is C20H24ClNO6. The van der Waals surface area contributed by atoms with Gasteiger partial charge >= 0.3 is 0 Å². The van der Waals surface area contributed by atoms with E-state index in [9.17, 15) is 0 Å². The lowest BCUT2D eigenvalue weighted by Gasteiger charge is -2.51. The van der Waals surface area contributed by atoms with Crippen molar-refractivity contribution < 1.29 is 42.9 Å². The molecule has 7 nitrogen and oxygen atoms in total. The monoisotopic (exact) mass is 409 g/mol. The number of pyridine rings is 1. The number of hydrogen-bond donors (Lipinski definition) is 0. The van der Waals surface area contributed by atoms with Crippen molar-refractivity contribution in [1.29, 1.82) is 0 Å². The lowest BCUT2D eigenvalue weighted by molar-refractivity contribution is -2.00. The summed E-state index contributed by atoms with van der Waals surface area (Å²) in [7, 11) is -4.94. The first-order valence-electron chi connectivity index (χ1n) is 9.23. The molecule has 0 saturated heterocycles. The molecule has 1 aromatic carbocycles. The molecule has 3 aliphatic rings. The minimum Gasteiger partial charge on any atom is -0.348 e. The zero-order chi connectivity index (χ0) is 20.5. The first-order chi connectivity index (χ1) is 13.2. The molecule has 1 aliphatic carbocycles. The topological polar surface area (TPSA) is 115 Å². The van der Waals surface area contributed by atoms with Gasteiger partial charge in [-0.1, -0.05) is 37.3 Å². The van der Waals surface area contributed by atoms with E-state index in [4.69, 9.17) is 28.1 Å². The third kappa shape index (κ3) is 3.67. The van der Waals surface area contributed by atoms with E-state index in [-0.39, 0.29) is 17.9 Å². The van der Waals surface area contributed by atoms with E-state index < -0.39 is 16.0 Å². The molecule has 0 spiro atoms. The van der Waals surface area contributed by atoms with Gasteiger partial charge in [0.25, 0.3) is 0 Å². The molecule has 5 rings (SSSR count). The first-order valence-corrected chi connectivity index (χ1v) is 10.5. The van der Waals surface area contributed by atoms with Crippen molar-refractivity contribution >= 4 is 0 Å². The van der Waals surface area contributed by atoms with Gasteiger partial charge in [-0.25, -0.2) is 18.6 Å². The number of benzene rings is 1. The highest BCUT2D eigenvalue weighted by molar-refractivity contribution is 5.44. The average Bonchev–Trinajstić information content (AvgIpc) is 2.63. The first kappa shape index (κ1) is 21.1. The van der Waals surface area contributed by atoms with Crippen molar-refractivity contribution in [2.45, 2.75) is 38.5 Å². The Bertz CT molecular complexity index is 765. The van der Waals surface area contributed by atoms with E-state index in [0.29, 0.717) is 13.2 Å². The molecular weight excluding hydrogens is 386 g/mol. The maximum atomic E-state index is 8.49. The van der Waals surface area contributed by atoms with Crippen molar-refractivity contribution in [3.05, 3.63) is 65.5 Å². The average molecular weight is 410 g/mol. The van der Waals surface area contributed by atoms with Crippen LogP contribution in [0.1, 0.15) is 49.6 Å². The van der Waals surface area contributed by atoms with Gasteiger partial charge in [-0.2, -0.15) is 4.57 Å². The van der Waals surface area contributed by atoms with Crippen LogP contribution in [0.4, 0.5) is 0 Å². The van der Waals surface area contributed by atoms with Crippen molar-refractivity contribution in [3.8, 4) is 0 Å². The van der Waals surface area contributed by atoms with Crippen LogP contribution in [0.3, 0.4) is 0 Å². The van der Waals surface area contributed by atoms with E-state index in [1.165, 1.54) is 16.8 Å². The van der Waals surface area contributed by atoms with E-state index in [2.05, 4.69) is 74.0 Å². The van der Waals surface area contributed by atoms with Gasteiger partial charge in [0.1, 0.15) is 5.92 Å². The van der Waals surface area contributed by atoms with Gasteiger partial charge in [-0.15, -0.1) is 10.2 Å². The fourth-order valence-corrected chi connectivity index (χ4v) is 4.66. The molecule has 3 atom stereocenters. The Kier molecular flexibility index (Phi) is 6.07. The Morgan fingerprint density at radius 2 is 1.46 bits per heavy atom. The number of aromatic nitrogens is 1. The largest absolute Gasteiger partial charge is 0.348 e. The van der Waals surface area contributed by atoms with Crippen molar-refractivity contribution in [2.24, 2.45) is 5.92 Å². The van der Waals surface area contributed by atoms with Crippen LogP contribution in [0.2, 0.25) is 0 Å². The summed E-state index contributed by atoms with van der Waals surface area (Å²) in [4.78, 5) is 0. The minimum atomic E-state index is -4.94. The summed E-state index contributed by atoms with van der Waals surface area (Å²) in [5.41, 5.74) is 4.05. The van der Waals surface area contributed by atoms with Gasteiger partial charge < -0.3 is 9.47 Å². The SMILES string of the molecule is CCOC1(OCC)[C@H]2c3ccccc3[C@@H]([C@@H]1C)[n+]1ccccc12.[O-][Cl+3]([O-])([O-])[O-]. The molecule has 0 unspecified atom stereocenters. The third-order valence-electron chi connectivity index (χ3n) is 5.39. The quantitative estimate of drug-likeness (QED) is 0.456. The molecule has 2 aliphatic heterocycles. The molecule has 0 N–H and O–H groups in total. The predicted octanol–water partition coefficient (Wildman–Crippen LogP) is -1.33. The second-order valence-electron chi connectivity index (χ2n) is 6.79. The van der Waals surface area contributed by atoms with Crippen LogP contribution in [-0.4, -0.2) is 19.0 Å². The fourth-order valence-electron chi connectivity index (χ4n) is 4.66. The number of halogens is 1. The summed E-state index contributed by atoms with van der Waals surface area (Å²) in [5, 5.41) is 0. The van der Waals surface area contributed by atoms with E-state index in [1.54, 1.807) is 0 Å². The van der Waals surface area contributed by atoms with E-state index in [1.807, 2.05) is 0 Å². The summed E-state index contributed by atoms with van der Waals surface area (Å²) < 4.78 is 49.1. The van der Waals surface area contributed by atoms with E-state index >= 15 is 0 Å². The van der Waals surface area contributed by atoms with Crippen LogP contribution in [0.25, 0.3) is 0 Å². The predicted molar refractivity (Wildman–Crippen MR) is 88.2 cm³/mol. The summed E-state index contributed by atoms with van der Waals surface area (Å²) >= 11 is 0. The Labute approximate surface area is 166 Å². The van der Waals surface area contributed by atoms with Gasteiger partial charge in [0.15, 0.2) is 23.7 Å². The number of fused-ring (bicyclic) bond motifs is 1. The number of rotatable bonds is 4. The molecule has 8 heteroatoms. The van der Waals surface area contributed by atoms with Crippen LogP contribution in [0.5, 0.6) is 0 Å². The molecule has 1 aromatic heterocycles. The van der Waals surface area contributed by atoms with Gasteiger partial charge in [-0.3, -0.25) is 0 Å². The van der Waals surface area contributed by atoms with Crippen LogP contribution < -0.4 is 23.2 Å². The lowest BCUT2D eigenvalue weighted by atomic mass is 9.65. The van der Waals surface area contributed by atoms with Gasteiger partial charge in [0.05, 0.1) is 5.92 Å². The molecule has 28 heavy (non-hydrogen) atoms. The molecule has 3 heterocycles. The van der Waals surface area contributed by atoms with Crippen LogP contribution in [-0.2, 0) is 9.47 Å². The zero-order valence-electron chi connectivity index (χ0n) is 16.0. The second-order valence-corrected chi connectivity index (χ2v) is 7.55. The van der Waals surface area contributed by atoms with Crippen molar-refractivity contribution in [2.75, 3.05) is 13.2 Å². The molecule has 0 saturated carbocycles. The summed E-state index contributed by atoms with van der Waals surface area (Å²) in [5.74, 6) is -0.217. The summed E-state index contributed by atoms with van der Waals surface area (Å²) in [6, 6.07) is 15.5. The van der Waals surface area contributed by atoms with Crippen LogP contribution in [0, 0.1) is 16.2 Å². The highest BCUT2D eigenvalue weighted by atomic mass is 35.7. The molecule has 2 bridgehead atoms. The molecule has 0 fully saturated rings. The number of nitrogens with zero attached hydrogens (tertiary/aromatic N) is 1. The third-order valence-corrected chi connectivity index (χ3v) is 5.39. The Morgan fingerprint density at radius 1 is 0.929 bits per heavy atom. The summed E-state index contributed by atoms with van der Waals surface area (Å²) in [6.07, 6.45) is 2.20.